The van der Waals surface area contributed by atoms with Crippen molar-refractivity contribution in [2.24, 2.45) is 5.10 Å². The van der Waals surface area contributed by atoms with Gasteiger partial charge in [-0.15, -0.1) is 0 Å². The summed E-state index contributed by atoms with van der Waals surface area (Å²) in [6.07, 6.45) is 2.64. The summed E-state index contributed by atoms with van der Waals surface area (Å²) in [5.41, 5.74) is 4.81. The number of hydrogen-bond acceptors (Lipinski definition) is 4. The van der Waals surface area contributed by atoms with Gasteiger partial charge in [0.15, 0.2) is 0 Å². The highest BCUT2D eigenvalue weighted by atomic mass is 32.2. The highest BCUT2D eigenvalue weighted by Crippen LogP contribution is 2.22. The zero-order valence-corrected chi connectivity index (χ0v) is 18.1. The number of carbonyl (C=O) groups is 1. The zero-order valence-electron chi connectivity index (χ0n) is 17.2. The fourth-order valence-corrected chi connectivity index (χ4v) is 3.98. The van der Waals surface area contributed by atoms with Crippen LogP contribution in [0.15, 0.2) is 71.8 Å². The van der Waals surface area contributed by atoms with Crippen molar-refractivity contribution in [3.8, 4) is 0 Å². The Kier molecular flexibility index (Phi) is 6.52. The Morgan fingerprint density at radius 2 is 1.70 bits per heavy atom. The molecule has 0 saturated carbocycles. The number of benzene rings is 3. The normalized spacial score (nSPS) is 11.9. The molecule has 3 rings (SSSR count). The third kappa shape index (κ3) is 5.24. The van der Waals surface area contributed by atoms with Crippen LogP contribution in [0.2, 0.25) is 0 Å². The smallest absolute Gasteiger partial charge is 0.260 e. The van der Waals surface area contributed by atoms with Crippen molar-refractivity contribution in [3.05, 3.63) is 77.9 Å². The maximum Gasteiger partial charge on any atom is 0.260 e. The van der Waals surface area contributed by atoms with Crippen molar-refractivity contribution in [1.29, 1.82) is 0 Å². The van der Waals surface area contributed by atoms with Gasteiger partial charge >= 0.3 is 0 Å². The summed E-state index contributed by atoms with van der Waals surface area (Å²) in [7, 11) is -3.63. The summed E-state index contributed by atoms with van der Waals surface area (Å²) in [6.45, 7) is 3.77. The van der Waals surface area contributed by atoms with E-state index in [0.717, 1.165) is 32.5 Å². The van der Waals surface area contributed by atoms with Crippen LogP contribution < -0.4 is 9.73 Å². The van der Waals surface area contributed by atoms with E-state index in [1.54, 1.807) is 18.3 Å². The molecule has 0 radical (unpaired) electrons. The summed E-state index contributed by atoms with van der Waals surface area (Å²) in [5.74, 6) is -0.192. The lowest BCUT2D eigenvalue weighted by Crippen LogP contribution is -2.39. The van der Waals surface area contributed by atoms with Gasteiger partial charge < -0.3 is 0 Å². The largest absolute Gasteiger partial charge is 0.271 e. The Morgan fingerprint density at radius 3 is 2.37 bits per heavy atom. The molecule has 30 heavy (non-hydrogen) atoms. The number of nitrogens with one attached hydrogen (secondary N) is 1. The number of amides is 1. The number of nitrogens with zero attached hydrogens (tertiary/aromatic N) is 2. The van der Waals surface area contributed by atoms with Crippen molar-refractivity contribution in [3.63, 3.8) is 0 Å². The minimum Gasteiger partial charge on any atom is -0.271 e. The van der Waals surface area contributed by atoms with Crippen molar-refractivity contribution >= 4 is 38.6 Å². The Morgan fingerprint density at radius 1 is 1.03 bits per heavy atom. The molecule has 0 aliphatic rings. The molecule has 0 unspecified atom stereocenters. The van der Waals surface area contributed by atoms with E-state index < -0.39 is 15.9 Å². The predicted molar refractivity (Wildman–Crippen MR) is 122 cm³/mol. The van der Waals surface area contributed by atoms with Crippen LogP contribution >= 0.6 is 0 Å². The molecule has 6 nitrogen and oxygen atoms in total. The molecule has 156 valence electrons. The van der Waals surface area contributed by atoms with Gasteiger partial charge in [-0.2, -0.15) is 5.10 Å². The molecule has 1 N–H and O–H groups in total. The maximum absolute atomic E-state index is 12.4. The first-order chi connectivity index (χ1) is 14.3. The molecule has 0 aliphatic heterocycles. The Labute approximate surface area is 177 Å². The fourth-order valence-electron chi connectivity index (χ4n) is 3.13. The fraction of sp³-hybridized carbons (Fsp3) is 0.217. The van der Waals surface area contributed by atoms with Crippen LogP contribution in [0, 0.1) is 0 Å². The predicted octanol–water partition coefficient (Wildman–Crippen LogP) is 3.88. The van der Waals surface area contributed by atoms with E-state index in [2.05, 4.69) is 24.4 Å². The van der Waals surface area contributed by atoms with Crippen molar-refractivity contribution in [1.82, 2.24) is 5.43 Å². The summed E-state index contributed by atoms with van der Waals surface area (Å²) in [4.78, 5) is 12.4. The Bertz CT molecular complexity index is 1160. The first kappa shape index (κ1) is 21.5. The third-order valence-electron chi connectivity index (χ3n) is 4.75. The third-order valence-corrected chi connectivity index (χ3v) is 5.89. The summed E-state index contributed by atoms with van der Waals surface area (Å²) in [6, 6.07) is 20.8. The molecule has 0 bridgehead atoms. The Hall–Kier alpha value is -3.19. The minimum absolute atomic E-state index is 0.331. The lowest BCUT2D eigenvalue weighted by atomic mass is 10.0. The van der Waals surface area contributed by atoms with Crippen LogP contribution in [0.4, 0.5) is 5.69 Å². The van der Waals surface area contributed by atoms with Gasteiger partial charge in [-0.05, 0) is 34.4 Å². The summed E-state index contributed by atoms with van der Waals surface area (Å²) >= 11 is 0. The zero-order chi connectivity index (χ0) is 21.7. The van der Waals surface area contributed by atoms with Crippen LogP contribution in [0.3, 0.4) is 0 Å². The number of hydrazone groups is 1. The first-order valence-electron chi connectivity index (χ1n) is 9.63. The van der Waals surface area contributed by atoms with Crippen LogP contribution in [0.25, 0.3) is 10.8 Å². The van der Waals surface area contributed by atoms with Gasteiger partial charge in [-0.1, -0.05) is 68.4 Å². The summed E-state index contributed by atoms with van der Waals surface area (Å²) in [5, 5.41) is 6.10. The van der Waals surface area contributed by atoms with Crippen LogP contribution in [0.5, 0.6) is 0 Å². The second kappa shape index (κ2) is 9.09. The monoisotopic (exact) mass is 423 g/mol. The van der Waals surface area contributed by atoms with Crippen LogP contribution in [-0.2, 0) is 14.8 Å². The molecule has 1 amide bonds. The number of rotatable bonds is 7. The quantitative estimate of drug-likeness (QED) is 0.463. The van der Waals surface area contributed by atoms with Crippen LogP contribution in [-0.4, -0.2) is 33.3 Å². The van der Waals surface area contributed by atoms with E-state index in [1.807, 2.05) is 54.6 Å². The molecular formula is C23H25N3O3S. The van der Waals surface area contributed by atoms with E-state index in [0.29, 0.717) is 11.6 Å². The molecule has 0 aromatic heterocycles. The van der Waals surface area contributed by atoms with E-state index >= 15 is 0 Å². The van der Waals surface area contributed by atoms with Gasteiger partial charge in [0.05, 0.1) is 18.2 Å². The average molecular weight is 424 g/mol. The molecule has 0 heterocycles. The van der Waals surface area contributed by atoms with E-state index in [9.17, 15) is 13.2 Å². The molecular weight excluding hydrogens is 398 g/mol. The molecule has 0 spiro atoms. The number of hydrogen-bond donors (Lipinski definition) is 1. The van der Waals surface area contributed by atoms with Crippen molar-refractivity contribution in [2.75, 3.05) is 17.1 Å². The van der Waals surface area contributed by atoms with Crippen molar-refractivity contribution < 1.29 is 13.2 Å². The van der Waals surface area contributed by atoms with E-state index in [4.69, 9.17) is 0 Å². The standard InChI is InChI=1S/C23H25N3O3S/c1-17(2)18-11-13-21(14-12-18)26(30(3,28)29)16-23(27)25-24-15-20-9-6-8-19-7-4-5-10-22(19)20/h4-15,17H,16H2,1-3H3,(H,25,27)/b24-15-. The molecule has 0 fully saturated rings. The minimum atomic E-state index is -3.63. The highest BCUT2D eigenvalue weighted by Gasteiger charge is 2.20. The van der Waals surface area contributed by atoms with E-state index in [-0.39, 0.29) is 6.54 Å². The van der Waals surface area contributed by atoms with Gasteiger partial charge in [-0.3, -0.25) is 9.10 Å². The lowest BCUT2D eigenvalue weighted by molar-refractivity contribution is -0.119. The number of sulfonamides is 1. The average Bonchev–Trinajstić information content (AvgIpc) is 2.71. The topological polar surface area (TPSA) is 78.8 Å². The van der Waals surface area contributed by atoms with Crippen LogP contribution in [0.1, 0.15) is 30.9 Å². The molecule has 0 saturated heterocycles. The highest BCUT2D eigenvalue weighted by molar-refractivity contribution is 7.92. The SMILES string of the molecule is CC(C)c1ccc(N(CC(=O)N/N=C\c2cccc3ccccc23)S(C)(=O)=O)cc1. The molecule has 7 heteroatoms. The number of carbonyl (C=O) groups excluding carboxylic acids is 1. The lowest BCUT2D eigenvalue weighted by Gasteiger charge is -2.21. The van der Waals surface area contributed by atoms with Gasteiger partial charge in [0.1, 0.15) is 6.54 Å². The van der Waals surface area contributed by atoms with Gasteiger partial charge in [0, 0.05) is 5.56 Å². The Balaban J connectivity index is 1.72. The number of anilines is 1. The molecule has 0 atom stereocenters. The first-order valence-corrected chi connectivity index (χ1v) is 11.5. The molecule has 0 aliphatic carbocycles. The number of fused-ring (bicyclic) bond motifs is 1. The molecule has 3 aromatic carbocycles. The van der Waals surface area contributed by atoms with Gasteiger partial charge in [0.25, 0.3) is 5.91 Å². The molecule has 3 aromatic rings. The second-order valence-electron chi connectivity index (χ2n) is 7.38. The second-order valence-corrected chi connectivity index (χ2v) is 9.28. The van der Waals surface area contributed by atoms with Gasteiger partial charge in [-0.25, -0.2) is 13.8 Å². The van der Waals surface area contributed by atoms with Gasteiger partial charge in [0.2, 0.25) is 10.0 Å². The van der Waals surface area contributed by atoms with Crippen molar-refractivity contribution in [2.45, 2.75) is 19.8 Å². The van der Waals surface area contributed by atoms with E-state index in [1.165, 1.54) is 0 Å². The maximum atomic E-state index is 12.4. The summed E-state index contributed by atoms with van der Waals surface area (Å²) < 4.78 is 25.5.